The maximum atomic E-state index is 11.5. The van der Waals surface area contributed by atoms with Crippen molar-refractivity contribution in [2.75, 3.05) is 6.61 Å². The Hall–Kier alpha value is -0.770. The van der Waals surface area contributed by atoms with E-state index in [4.69, 9.17) is 22.1 Å². The molecule has 1 heterocycles. The van der Waals surface area contributed by atoms with Gasteiger partial charge >= 0.3 is 0 Å². The van der Waals surface area contributed by atoms with Crippen LogP contribution in [0.4, 0.5) is 0 Å². The van der Waals surface area contributed by atoms with Gasteiger partial charge in [0.1, 0.15) is 18.4 Å². The maximum absolute atomic E-state index is 11.5. The van der Waals surface area contributed by atoms with Crippen molar-refractivity contribution < 1.29 is 9.53 Å². The van der Waals surface area contributed by atoms with E-state index in [2.05, 4.69) is 0 Å². The quantitative estimate of drug-likeness (QED) is 0.742. The lowest BCUT2D eigenvalue weighted by Gasteiger charge is -2.20. The Kier molecular flexibility index (Phi) is 3.37. The van der Waals surface area contributed by atoms with E-state index in [-0.39, 0.29) is 24.8 Å². The summed E-state index contributed by atoms with van der Waals surface area (Å²) in [6.07, 6.45) is 0. The lowest BCUT2D eigenvalue weighted by Crippen LogP contribution is -2.40. The normalized spacial score (nSPS) is 19.3. The van der Waals surface area contributed by atoms with Crippen molar-refractivity contribution in [1.29, 1.82) is 0 Å². The zero-order valence-electron chi connectivity index (χ0n) is 7.20. The van der Waals surface area contributed by atoms with Crippen LogP contribution in [0.5, 0.6) is 5.75 Å². The van der Waals surface area contributed by atoms with E-state index in [1.165, 1.54) is 0 Å². The first kappa shape index (κ1) is 11.3. The van der Waals surface area contributed by atoms with Crippen LogP contribution in [-0.4, -0.2) is 18.4 Å². The molecule has 0 radical (unpaired) electrons. The fourth-order valence-electron chi connectivity index (χ4n) is 1.28. The summed E-state index contributed by atoms with van der Waals surface area (Å²) in [5.41, 5.74) is 6.00. The zero-order valence-corrected chi connectivity index (χ0v) is 8.77. The summed E-state index contributed by atoms with van der Waals surface area (Å²) in [5, 5.41) is 0.518. The Bertz CT molecular complexity index is 368. The van der Waals surface area contributed by atoms with E-state index in [1.54, 1.807) is 18.2 Å². The number of Topliss-reactive ketones (excluding diaryl/α,β-unsaturated/α-hetero) is 1. The summed E-state index contributed by atoms with van der Waals surface area (Å²) in [6.45, 7) is 0.244. The largest absolute Gasteiger partial charge is 0.491 e. The van der Waals surface area contributed by atoms with E-state index in [1.807, 2.05) is 0 Å². The third-order valence-corrected chi connectivity index (χ3v) is 2.20. The lowest BCUT2D eigenvalue weighted by molar-refractivity contribution is 0.0900. The number of fused-ring (bicyclic) bond motifs is 1. The highest BCUT2D eigenvalue weighted by atomic mass is 35.5. The topological polar surface area (TPSA) is 52.3 Å². The van der Waals surface area contributed by atoms with Crippen LogP contribution >= 0.6 is 24.0 Å². The monoisotopic (exact) mass is 233 g/mol. The Labute approximate surface area is 92.6 Å². The fraction of sp³-hybridized carbons (Fsp3) is 0.222. The predicted molar refractivity (Wildman–Crippen MR) is 56.5 cm³/mol. The minimum atomic E-state index is -0.564. The van der Waals surface area contributed by atoms with Crippen LogP contribution in [0.15, 0.2) is 18.2 Å². The number of carbonyl (C=O) groups excluding carboxylic acids is 1. The third-order valence-electron chi connectivity index (χ3n) is 1.96. The maximum Gasteiger partial charge on any atom is 0.186 e. The van der Waals surface area contributed by atoms with Gasteiger partial charge in [0.25, 0.3) is 0 Å². The summed E-state index contributed by atoms with van der Waals surface area (Å²) >= 11 is 5.74. The average Bonchev–Trinajstić information content (AvgIpc) is 2.12. The van der Waals surface area contributed by atoms with Crippen molar-refractivity contribution in [3.05, 3.63) is 28.8 Å². The van der Waals surface area contributed by atoms with Gasteiger partial charge in [0.05, 0.1) is 5.56 Å². The number of hydrogen-bond acceptors (Lipinski definition) is 3. The molecule has 0 spiro atoms. The van der Waals surface area contributed by atoms with Gasteiger partial charge in [-0.1, -0.05) is 11.6 Å². The van der Waals surface area contributed by atoms with Crippen molar-refractivity contribution in [3.63, 3.8) is 0 Å². The zero-order chi connectivity index (χ0) is 9.42. The lowest BCUT2D eigenvalue weighted by atomic mass is 10.0. The van der Waals surface area contributed by atoms with Crippen molar-refractivity contribution in [2.45, 2.75) is 6.04 Å². The summed E-state index contributed by atoms with van der Waals surface area (Å²) in [5.74, 6) is 0.458. The van der Waals surface area contributed by atoms with Crippen molar-refractivity contribution in [2.24, 2.45) is 5.73 Å². The average molecular weight is 234 g/mol. The molecule has 1 aliphatic heterocycles. The molecule has 14 heavy (non-hydrogen) atoms. The molecular formula is C9H9Cl2NO2. The fourth-order valence-corrected chi connectivity index (χ4v) is 1.45. The second-order valence-corrected chi connectivity index (χ2v) is 3.36. The van der Waals surface area contributed by atoms with Gasteiger partial charge in [-0.05, 0) is 18.2 Å². The minimum absolute atomic E-state index is 0. The second kappa shape index (κ2) is 4.17. The molecule has 76 valence electrons. The van der Waals surface area contributed by atoms with Gasteiger partial charge in [0.15, 0.2) is 5.78 Å². The first-order valence-electron chi connectivity index (χ1n) is 3.90. The summed E-state index contributed by atoms with van der Waals surface area (Å²) in [4.78, 5) is 11.5. The minimum Gasteiger partial charge on any atom is -0.491 e. The molecule has 1 aliphatic rings. The van der Waals surface area contributed by atoms with Gasteiger partial charge in [-0.25, -0.2) is 0 Å². The number of rotatable bonds is 0. The van der Waals surface area contributed by atoms with E-state index in [0.29, 0.717) is 16.3 Å². The molecule has 3 nitrogen and oxygen atoms in total. The molecule has 2 N–H and O–H groups in total. The molecule has 0 amide bonds. The Morgan fingerprint density at radius 3 is 2.93 bits per heavy atom. The summed E-state index contributed by atoms with van der Waals surface area (Å²) in [7, 11) is 0. The van der Waals surface area contributed by atoms with Crippen LogP contribution in [0.2, 0.25) is 5.02 Å². The molecular weight excluding hydrogens is 225 g/mol. The second-order valence-electron chi connectivity index (χ2n) is 2.92. The van der Waals surface area contributed by atoms with Crippen molar-refractivity contribution in [1.82, 2.24) is 0 Å². The number of nitrogens with two attached hydrogens (primary N) is 1. The molecule has 0 saturated carbocycles. The first-order chi connectivity index (χ1) is 6.18. The van der Waals surface area contributed by atoms with Crippen LogP contribution < -0.4 is 10.5 Å². The standard InChI is InChI=1S/C9H8ClNO2.ClH/c10-5-1-2-8-6(3-5)9(12)7(11)4-13-8;/h1-3,7H,4,11H2;1H. The van der Waals surface area contributed by atoms with Crippen molar-refractivity contribution in [3.8, 4) is 5.75 Å². The number of ether oxygens (including phenoxy) is 1. The van der Waals surface area contributed by atoms with Crippen LogP contribution in [0, 0.1) is 0 Å². The smallest absolute Gasteiger partial charge is 0.186 e. The highest BCUT2D eigenvalue weighted by Gasteiger charge is 2.25. The Morgan fingerprint density at radius 2 is 2.21 bits per heavy atom. The van der Waals surface area contributed by atoms with Crippen LogP contribution in [-0.2, 0) is 0 Å². The van der Waals surface area contributed by atoms with Crippen LogP contribution in [0.25, 0.3) is 0 Å². The van der Waals surface area contributed by atoms with Crippen molar-refractivity contribution >= 4 is 29.8 Å². The molecule has 0 aromatic heterocycles. The van der Waals surface area contributed by atoms with Gasteiger partial charge in [0.2, 0.25) is 0 Å². The molecule has 0 fully saturated rings. The number of carbonyl (C=O) groups is 1. The number of ketones is 1. The Balaban J connectivity index is 0.000000980. The highest BCUT2D eigenvalue weighted by Crippen LogP contribution is 2.26. The molecule has 0 aliphatic carbocycles. The van der Waals surface area contributed by atoms with E-state index in [9.17, 15) is 4.79 Å². The van der Waals surface area contributed by atoms with Gasteiger partial charge in [-0.3, -0.25) is 4.79 Å². The first-order valence-corrected chi connectivity index (χ1v) is 4.28. The molecule has 1 aromatic carbocycles. The summed E-state index contributed by atoms with van der Waals surface area (Å²) < 4.78 is 5.26. The molecule has 5 heteroatoms. The molecule has 1 unspecified atom stereocenters. The predicted octanol–water partition coefficient (Wildman–Crippen LogP) is 1.66. The molecule has 1 atom stereocenters. The third kappa shape index (κ3) is 1.85. The molecule has 2 rings (SSSR count). The molecule has 0 saturated heterocycles. The highest BCUT2D eigenvalue weighted by molar-refractivity contribution is 6.31. The van der Waals surface area contributed by atoms with Gasteiger partial charge < -0.3 is 10.5 Å². The van der Waals surface area contributed by atoms with E-state index < -0.39 is 6.04 Å². The number of hydrogen-bond donors (Lipinski definition) is 1. The number of benzene rings is 1. The van der Waals surface area contributed by atoms with E-state index >= 15 is 0 Å². The van der Waals surface area contributed by atoms with Crippen LogP contribution in [0.3, 0.4) is 0 Å². The Morgan fingerprint density at radius 1 is 1.50 bits per heavy atom. The number of halogens is 2. The van der Waals surface area contributed by atoms with Gasteiger partial charge in [-0.15, -0.1) is 12.4 Å². The molecule has 0 bridgehead atoms. The SMILES string of the molecule is Cl.NC1COc2ccc(Cl)cc2C1=O. The molecule has 1 aromatic rings. The van der Waals surface area contributed by atoms with Gasteiger partial charge in [-0.2, -0.15) is 0 Å². The van der Waals surface area contributed by atoms with Gasteiger partial charge in [0, 0.05) is 5.02 Å². The summed E-state index contributed by atoms with van der Waals surface area (Å²) in [6, 6.07) is 4.38. The van der Waals surface area contributed by atoms with E-state index in [0.717, 1.165) is 0 Å². The van der Waals surface area contributed by atoms with Crippen LogP contribution in [0.1, 0.15) is 10.4 Å².